The molecular formula is C13H15NO. The van der Waals surface area contributed by atoms with Crippen molar-refractivity contribution in [2.45, 2.75) is 0 Å². The van der Waals surface area contributed by atoms with Gasteiger partial charge in [0.1, 0.15) is 5.75 Å². The molecule has 0 unspecified atom stereocenters. The predicted molar refractivity (Wildman–Crippen MR) is 64.8 cm³/mol. The molecule has 0 aromatic heterocycles. The fourth-order valence-corrected chi connectivity index (χ4v) is 1.62. The lowest BCUT2D eigenvalue weighted by Gasteiger charge is -2.13. The van der Waals surface area contributed by atoms with Gasteiger partial charge in [-0.3, -0.25) is 0 Å². The van der Waals surface area contributed by atoms with Crippen molar-refractivity contribution in [1.29, 1.82) is 0 Å². The molecule has 2 aromatic rings. The van der Waals surface area contributed by atoms with E-state index in [1.807, 2.05) is 20.2 Å². The molecule has 0 amide bonds. The molecule has 0 bridgehead atoms. The maximum atomic E-state index is 5.21. The Bertz CT molecular complexity index is 477. The van der Waals surface area contributed by atoms with Crippen molar-refractivity contribution in [2.24, 2.45) is 0 Å². The molecule has 0 aliphatic carbocycles. The highest BCUT2D eigenvalue weighted by molar-refractivity contribution is 5.87. The van der Waals surface area contributed by atoms with Crippen LogP contribution in [0.1, 0.15) is 0 Å². The van der Waals surface area contributed by atoms with Crippen molar-refractivity contribution in [3.63, 3.8) is 0 Å². The fourth-order valence-electron chi connectivity index (χ4n) is 1.62. The Labute approximate surface area is 90.1 Å². The first-order valence-electron chi connectivity index (χ1n) is 4.96. The number of benzene rings is 2. The van der Waals surface area contributed by atoms with Gasteiger partial charge in [-0.1, -0.05) is 12.1 Å². The van der Waals surface area contributed by atoms with E-state index >= 15 is 0 Å². The summed E-state index contributed by atoms with van der Waals surface area (Å²) >= 11 is 0. The van der Waals surface area contributed by atoms with Gasteiger partial charge >= 0.3 is 0 Å². The normalized spacial score (nSPS) is 10.3. The molecule has 2 rings (SSSR count). The Kier molecular flexibility index (Phi) is 2.50. The molecule has 0 saturated carbocycles. The predicted octanol–water partition coefficient (Wildman–Crippen LogP) is 2.91. The van der Waals surface area contributed by atoms with E-state index in [0.29, 0.717) is 0 Å². The Balaban J connectivity index is 2.57. The summed E-state index contributed by atoms with van der Waals surface area (Å²) < 4.78 is 5.21. The second kappa shape index (κ2) is 3.81. The molecule has 0 fully saturated rings. The van der Waals surface area contributed by atoms with Crippen LogP contribution in [0, 0.1) is 0 Å². The molecular weight excluding hydrogens is 186 g/mol. The van der Waals surface area contributed by atoms with Crippen molar-refractivity contribution >= 4 is 16.5 Å². The van der Waals surface area contributed by atoms with E-state index in [-0.39, 0.29) is 0 Å². The minimum atomic E-state index is 0.901. The van der Waals surface area contributed by atoms with Crippen molar-refractivity contribution in [1.82, 2.24) is 0 Å². The van der Waals surface area contributed by atoms with Gasteiger partial charge in [-0.15, -0.1) is 0 Å². The van der Waals surface area contributed by atoms with Crippen molar-refractivity contribution < 1.29 is 4.74 Å². The zero-order chi connectivity index (χ0) is 10.8. The van der Waals surface area contributed by atoms with Crippen LogP contribution < -0.4 is 9.64 Å². The molecule has 0 N–H and O–H groups in total. The summed E-state index contributed by atoms with van der Waals surface area (Å²) in [6, 6.07) is 12.5. The molecule has 2 heteroatoms. The summed E-state index contributed by atoms with van der Waals surface area (Å²) in [4.78, 5) is 2.10. The van der Waals surface area contributed by atoms with Gasteiger partial charge in [-0.05, 0) is 35.0 Å². The van der Waals surface area contributed by atoms with Gasteiger partial charge < -0.3 is 9.64 Å². The molecule has 0 radical (unpaired) electrons. The summed E-state index contributed by atoms with van der Waals surface area (Å²) in [6.45, 7) is 0. The lowest BCUT2D eigenvalue weighted by Crippen LogP contribution is -2.07. The van der Waals surface area contributed by atoms with E-state index in [1.54, 1.807) is 7.11 Å². The number of rotatable bonds is 2. The van der Waals surface area contributed by atoms with Crippen LogP contribution in [0.15, 0.2) is 36.4 Å². The Morgan fingerprint density at radius 2 is 1.67 bits per heavy atom. The van der Waals surface area contributed by atoms with Gasteiger partial charge in [-0.2, -0.15) is 0 Å². The average molecular weight is 201 g/mol. The van der Waals surface area contributed by atoms with Crippen LogP contribution in [0.2, 0.25) is 0 Å². The van der Waals surface area contributed by atoms with E-state index in [0.717, 1.165) is 5.75 Å². The topological polar surface area (TPSA) is 12.5 Å². The molecule has 78 valence electrons. The van der Waals surface area contributed by atoms with Crippen LogP contribution >= 0.6 is 0 Å². The highest BCUT2D eigenvalue weighted by atomic mass is 16.5. The number of fused-ring (bicyclic) bond motifs is 1. The molecule has 0 heterocycles. The van der Waals surface area contributed by atoms with E-state index in [9.17, 15) is 0 Å². The minimum Gasteiger partial charge on any atom is -0.497 e. The van der Waals surface area contributed by atoms with Gasteiger partial charge in [-0.25, -0.2) is 0 Å². The van der Waals surface area contributed by atoms with Gasteiger partial charge in [0.15, 0.2) is 0 Å². The summed E-state index contributed by atoms with van der Waals surface area (Å²) in [7, 11) is 5.78. The first-order valence-corrected chi connectivity index (χ1v) is 4.96. The molecule has 0 spiro atoms. The lowest BCUT2D eigenvalue weighted by atomic mass is 10.1. The van der Waals surface area contributed by atoms with Crippen LogP contribution in [-0.4, -0.2) is 21.2 Å². The van der Waals surface area contributed by atoms with Crippen LogP contribution in [-0.2, 0) is 0 Å². The zero-order valence-corrected chi connectivity index (χ0v) is 9.32. The maximum Gasteiger partial charge on any atom is 0.119 e. The fraction of sp³-hybridized carbons (Fsp3) is 0.231. The van der Waals surface area contributed by atoms with Gasteiger partial charge in [0.25, 0.3) is 0 Å². The largest absolute Gasteiger partial charge is 0.497 e. The van der Waals surface area contributed by atoms with Crippen molar-refractivity contribution in [3.05, 3.63) is 36.4 Å². The lowest BCUT2D eigenvalue weighted by molar-refractivity contribution is 0.415. The second-order valence-electron chi connectivity index (χ2n) is 3.79. The molecule has 0 aliphatic heterocycles. The molecule has 2 aromatic carbocycles. The Morgan fingerprint density at radius 3 is 2.33 bits per heavy atom. The highest BCUT2D eigenvalue weighted by Gasteiger charge is 1.99. The van der Waals surface area contributed by atoms with E-state index < -0.39 is 0 Å². The van der Waals surface area contributed by atoms with Crippen molar-refractivity contribution in [3.8, 4) is 5.75 Å². The van der Waals surface area contributed by atoms with Crippen LogP contribution in [0.4, 0.5) is 5.69 Å². The van der Waals surface area contributed by atoms with E-state index in [2.05, 4.69) is 35.2 Å². The zero-order valence-electron chi connectivity index (χ0n) is 9.32. The van der Waals surface area contributed by atoms with Crippen molar-refractivity contribution in [2.75, 3.05) is 26.1 Å². The number of methoxy groups -OCH3 is 1. The summed E-state index contributed by atoms with van der Waals surface area (Å²) in [5, 5.41) is 2.45. The number of hydrogen-bond acceptors (Lipinski definition) is 2. The first kappa shape index (κ1) is 9.84. The van der Waals surface area contributed by atoms with E-state index in [4.69, 9.17) is 4.74 Å². The number of ether oxygens (including phenoxy) is 1. The summed E-state index contributed by atoms with van der Waals surface area (Å²) in [6.07, 6.45) is 0. The summed E-state index contributed by atoms with van der Waals surface area (Å²) in [5.41, 5.74) is 1.20. The monoisotopic (exact) mass is 201 g/mol. The van der Waals surface area contributed by atoms with Gasteiger partial charge in [0.05, 0.1) is 7.11 Å². The quantitative estimate of drug-likeness (QED) is 0.740. The number of hydrogen-bond donors (Lipinski definition) is 0. The Morgan fingerprint density at radius 1 is 0.933 bits per heavy atom. The highest BCUT2D eigenvalue weighted by Crippen LogP contribution is 2.24. The third-order valence-electron chi connectivity index (χ3n) is 2.55. The van der Waals surface area contributed by atoms with Crippen LogP contribution in [0.25, 0.3) is 10.8 Å². The third kappa shape index (κ3) is 1.89. The smallest absolute Gasteiger partial charge is 0.119 e. The van der Waals surface area contributed by atoms with E-state index in [1.165, 1.54) is 16.5 Å². The molecule has 0 atom stereocenters. The molecule has 2 nitrogen and oxygen atoms in total. The second-order valence-corrected chi connectivity index (χ2v) is 3.79. The SMILES string of the molecule is COc1ccc2ccc(N(C)C)cc2c1. The average Bonchev–Trinajstić information content (AvgIpc) is 2.27. The molecule has 0 aliphatic rings. The number of anilines is 1. The third-order valence-corrected chi connectivity index (χ3v) is 2.55. The summed E-state index contributed by atoms with van der Waals surface area (Å²) in [5.74, 6) is 0.901. The molecule has 15 heavy (non-hydrogen) atoms. The van der Waals surface area contributed by atoms with Crippen LogP contribution in [0.5, 0.6) is 5.75 Å². The number of nitrogens with zero attached hydrogens (tertiary/aromatic N) is 1. The van der Waals surface area contributed by atoms with Crippen LogP contribution in [0.3, 0.4) is 0 Å². The Hall–Kier alpha value is -1.70. The van der Waals surface area contributed by atoms with Gasteiger partial charge in [0, 0.05) is 19.8 Å². The van der Waals surface area contributed by atoms with Gasteiger partial charge in [0.2, 0.25) is 0 Å². The standard InChI is InChI=1S/C13H15NO/c1-14(2)12-6-4-10-5-7-13(15-3)9-11(10)8-12/h4-9H,1-3H3. The minimum absolute atomic E-state index is 0.901. The first-order chi connectivity index (χ1) is 7.20. The molecule has 0 saturated heterocycles. The maximum absolute atomic E-state index is 5.21.